The van der Waals surface area contributed by atoms with Crippen LogP contribution in [0.3, 0.4) is 0 Å². The van der Waals surface area contributed by atoms with Crippen molar-refractivity contribution in [3.63, 3.8) is 0 Å². The summed E-state index contributed by atoms with van der Waals surface area (Å²) in [5.41, 5.74) is 3.29. The largest absolute Gasteiger partial charge is 0.323 e. The predicted molar refractivity (Wildman–Crippen MR) is 119 cm³/mol. The predicted octanol–water partition coefficient (Wildman–Crippen LogP) is 4.69. The van der Waals surface area contributed by atoms with Crippen LogP contribution in [0.1, 0.15) is 67.9 Å². The molecule has 0 N–H and O–H groups in total. The summed E-state index contributed by atoms with van der Waals surface area (Å²) in [6.45, 7) is 10.0. The molecule has 30 heavy (non-hydrogen) atoms. The van der Waals surface area contributed by atoms with Crippen molar-refractivity contribution in [1.29, 1.82) is 0 Å². The van der Waals surface area contributed by atoms with Crippen LogP contribution in [0.4, 0.5) is 5.69 Å². The Morgan fingerprint density at radius 3 is 2.17 bits per heavy atom. The minimum atomic E-state index is -0.786. The molecule has 1 saturated heterocycles. The van der Waals surface area contributed by atoms with E-state index in [0.717, 1.165) is 11.1 Å². The highest BCUT2D eigenvalue weighted by molar-refractivity contribution is 6.23. The van der Waals surface area contributed by atoms with Crippen LogP contribution < -0.4 is 4.90 Å². The molecule has 5 heteroatoms. The molecule has 158 valence electrons. The van der Waals surface area contributed by atoms with E-state index in [4.69, 9.17) is 0 Å². The third-order valence-electron chi connectivity index (χ3n) is 5.88. The van der Waals surface area contributed by atoms with Gasteiger partial charge in [-0.2, -0.15) is 0 Å². The zero-order chi connectivity index (χ0) is 22.0. The molecule has 1 aliphatic heterocycles. The number of nitrogens with zero attached hydrogens (tertiary/aromatic N) is 2. The van der Waals surface area contributed by atoms with Crippen LogP contribution in [0.15, 0.2) is 48.5 Å². The fourth-order valence-corrected chi connectivity index (χ4v) is 3.80. The van der Waals surface area contributed by atoms with Crippen molar-refractivity contribution >= 4 is 23.4 Å². The molecule has 2 aromatic rings. The van der Waals surface area contributed by atoms with E-state index in [9.17, 15) is 14.4 Å². The number of benzene rings is 2. The van der Waals surface area contributed by atoms with E-state index in [0.29, 0.717) is 23.6 Å². The van der Waals surface area contributed by atoms with E-state index < -0.39 is 6.04 Å². The summed E-state index contributed by atoms with van der Waals surface area (Å²) < 4.78 is 0. The quantitative estimate of drug-likeness (QED) is 0.654. The van der Waals surface area contributed by atoms with Gasteiger partial charge in [0.25, 0.3) is 11.8 Å². The molecule has 1 aliphatic rings. The van der Waals surface area contributed by atoms with E-state index in [1.165, 1.54) is 4.90 Å². The van der Waals surface area contributed by atoms with Gasteiger partial charge in [-0.1, -0.05) is 50.6 Å². The van der Waals surface area contributed by atoms with E-state index in [1.807, 2.05) is 57.2 Å². The van der Waals surface area contributed by atoms with Crippen molar-refractivity contribution in [3.8, 4) is 0 Å². The lowest BCUT2D eigenvalue weighted by Crippen LogP contribution is -2.49. The SMILES string of the molecule is CCC(C)N(C(=O)c1ccc(C)cc1)C1CC(=O)N(c2ccc(C(C)C)cc2)C1=O. The Bertz CT molecular complexity index is 932. The maximum absolute atomic E-state index is 13.3. The minimum Gasteiger partial charge on any atom is -0.323 e. The van der Waals surface area contributed by atoms with Gasteiger partial charge < -0.3 is 4.90 Å². The highest BCUT2D eigenvalue weighted by Crippen LogP contribution is 2.29. The third-order valence-corrected chi connectivity index (χ3v) is 5.88. The van der Waals surface area contributed by atoms with E-state index in [-0.39, 0.29) is 30.2 Å². The van der Waals surface area contributed by atoms with Gasteiger partial charge in [-0.05, 0) is 56.0 Å². The minimum absolute atomic E-state index is 0.00665. The van der Waals surface area contributed by atoms with Crippen molar-refractivity contribution in [1.82, 2.24) is 4.90 Å². The molecular formula is C25H30N2O3. The fraction of sp³-hybridized carbons (Fsp3) is 0.400. The van der Waals surface area contributed by atoms with E-state index in [1.54, 1.807) is 17.0 Å². The van der Waals surface area contributed by atoms with Crippen LogP contribution >= 0.6 is 0 Å². The average Bonchev–Trinajstić information content (AvgIpc) is 3.02. The maximum atomic E-state index is 13.3. The lowest BCUT2D eigenvalue weighted by molar-refractivity contribution is -0.122. The number of aryl methyl sites for hydroxylation is 1. The monoisotopic (exact) mass is 406 g/mol. The van der Waals surface area contributed by atoms with Gasteiger partial charge in [-0.3, -0.25) is 14.4 Å². The van der Waals surface area contributed by atoms with Crippen LogP contribution in [-0.2, 0) is 9.59 Å². The Morgan fingerprint density at radius 2 is 1.63 bits per heavy atom. The summed E-state index contributed by atoms with van der Waals surface area (Å²) in [7, 11) is 0. The van der Waals surface area contributed by atoms with Gasteiger partial charge in [0.15, 0.2) is 0 Å². The molecule has 0 radical (unpaired) electrons. The normalized spacial score (nSPS) is 17.5. The number of carbonyl (C=O) groups is 3. The standard InChI is InChI=1S/C25H30N2O3/c1-6-18(5)26(24(29)20-9-7-17(4)8-10-20)22-15-23(28)27(25(22)30)21-13-11-19(12-14-21)16(2)3/h7-14,16,18,22H,6,15H2,1-5H3. The summed E-state index contributed by atoms with van der Waals surface area (Å²) in [5.74, 6) is -0.456. The van der Waals surface area contributed by atoms with Crippen molar-refractivity contribution in [3.05, 3.63) is 65.2 Å². The first-order valence-electron chi connectivity index (χ1n) is 10.6. The van der Waals surface area contributed by atoms with Crippen LogP contribution in [0.5, 0.6) is 0 Å². The zero-order valence-electron chi connectivity index (χ0n) is 18.4. The van der Waals surface area contributed by atoms with Gasteiger partial charge in [0.1, 0.15) is 6.04 Å². The molecule has 1 heterocycles. The summed E-state index contributed by atoms with van der Waals surface area (Å²) in [6, 6.07) is 13.9. The Balaban J connectivity index is 1.91. The average molecular weight is 407 g/mol. The molecule has 2 unspecified atom stereocenters. The molecule has 5 nitrogen and oxygen atoms in total. The lowest BCUT2D eigenvalue weighted by Gasteiger charge is -2.33. The molecule has 2 aromatic carbocycles. The first kappa shape index (κ1) is 21.8. The Kier molecular flexibility index (Phi) is 6.40. The van der Waals surface area contributed by atoms with E-state index in [2.05, 4.69) is 13.8 Å². The lowest BCUT2D eigenvalue weighted by atomic mass is 10.0. The number of carbonyl (C=O) groups excluding carboxylic acids is 3. The van der Waals surface area contributed by atoms with Crippen LogP contribution in [-0.4, -0.2) is 34.7 Å². The highest BCUT2D eigenvalue weighted by atomic mass is 16.2. The van der Waals surface area contributed by atoms with E-state index >= 15 is 0 Å². The van der Waals surface area contributed by atoms with Gasteiger partial charge in [0.2, 0.25) is 5.91 Å². The maximum Gasteiger partial charge on any atom is 0.257 e. The Hall–Kier alpha value is -2.95. The smallest absolute Gasteiger partial charge is 0.257 e. The summed E-state index contributed by atoms with van der Waals surface area (Å²) >= 11 is 0. The van der Waals surface area contributed by atoms with Crippen molar-refractivity contribution in [2.24, 2.45) is 0 Å². The Labute approximate surface area is 178 Å². The van der Waals surface area contributed by atoms with Crippen LogP contribution in [0, 0.1) is 6.92 Å². The molecule has 2 atom stereocenters. The van der Waals surface area contributed by atoms with Gasteiger partial charge in [-0.15, -0.1) is 0 Å². The first-order chi connectivity index (χ1) is 14.2. The van der Waals surface area contributed by atoms with Crippen molar-refractivity contribution < 1.29 is 14.4 Å². The number of rotatable bonds is 6. The summed E-state index contributed by atoms with van der Waals surface area (Å²) in [4.78, 5) is 42.2. The number of anilines is 1. The summed E-state index contributed by atoms with van der Waals surface area (Å²) in [6.07, 6.45) is 0.700. The second-order valence-electron chi connectivity index (χ2n) is 8.37. The first-order valence-corrected chi connectivity index (χ1v) is 10.6. The fourth-order valence-electron chi connectivity index (χ4n) is 3.80. The number of amides is 3. The van der Waals surface area contributed by atoms with Crippen molar-refractivity contribution in [2.75, 3.05) is 4.90 Å². The molecule has 1 fully saturated rings. The van der Waals surface area contributed by atoms with Gasteiger partial charge in [0, 0.05) is 11.6 Å². The topological polar surface area (TPSA) is 57.7 Å². The van der Waals surface area contributed by atoms with Gasteiger partial charge in [0.05, 0.1) is 12.1 Å². The molecular weight excluding hydrogens is 376 g/mol. The number of hydrogen-bond acceptors (Lipinski definition) is 3. The molecule has 3 amide bonds. The Morgan fingerprint density at radius 1 is 1.03 bits per heavy atom. The summed E-state index contributed by atoms with van der Waals surface area (Å²) in [5, 5.41) is 0. The van der Waals surface area contributed by atoms with Crippen LogP contribution in [0.2, 0.25) is 0 Å². The second-order valence-corrected chi connectivity index (χ2v) is 8.37. The molecule has 0 aromatic heterocycles. The second kappa shape index (κ2) is 8.82. The molecule has 3 rings (SSSR count). The highest BCUT2D eigenvalue weighted by Gasteiger charge is 2.45. The molecule has 0 saturated carbocycles. The zero-order valence-corrected chi connectivity index (χ0v) is 18.4. The number of imide groups is 1. The third kappa shape index (κ3) is 4.16. The van der Waals surface area contributed by atoms with Gasteiger partial charge >= 0.3 is 0 Å². The molecule has 0 bridgehead atoms. The molecule has 0 spiro atoms. The van der Waals surface area contributed by atoms with Gasteiger partial charge in [-0.25, -0.2) is 4.90 Å². The molecule has 0 aliphatic carbocycles. The van der Waals surface area contributed by atoms with Crippen molar-refractivity contribution in [2.45, 2.75) is 65.5 Å². The number of hydrogen-bond donors (Lipinski definition) is 0. The van der Waals surface area contributed by atoms with Crippen LogP contribution in [0.25, 0.3) is 0 Å².